The highest BCUT2D eigenvalue weighted by molar-refractivity contribution is 7.87. The van der Waals surface area contributed by atoms with E-state index in [1.165, 1.54) is 0 Å². The van der Waals surface area contributed by atoms with E-state index in [9.17, 15) is 13.2 Å². The van der Waals surface area contributed by atoms with Gasteiger partial charge in [-0.05, 0) is 26.2 Å². The van der Waals surface area contributed by atoms with Crippen LogP contribution in [0.5, 0.6) is 0 Å². The van der Waals surface area contributed by atoms with Gasteiger partial charge in [0.2, 0.25) is 0 Å². The van der Waals surface area contributed by atoms with E-state index in [2.05, 4.69) is 4.72 Å². The molecule has 0 aromatic heterocycles. The maximum atomic E-state index is 12.2. The summed E-state index contributed by atoms with van der Waals surface area (Å²) in [5.41, 5.74) is 0. The molecule has 2 N–H and O–H groups in total. The van der Waals surface area contributed by atoms with Crippen LogP contribution in [0.4, 0.5) is 0 Å². The molecule has 112 valence electrons. The highest BCUT2D eigenvalue weighted by atomic mass is 32.2. The number of esters is 1. The van der Waals surface area contributed by atoms with E-state index in [4.69, 9.17) is 9.84 Å². The Bertz CT molecular complexity index is 394. The number of rotatable bonds is 7. The van der Waals surface area contributed by atoms with Crippen molar-refractivity contribution in [2.75, 3.05) is 19.8 Å². The van der Waals surface area contributed by atoms with Crippen molar-refractivity contribution < 1.29 is 23.1 Å². The molecular formula is C11H22N2O5S. The Morgan fingerprint density at radius 1 is 1.53 bits per heavy atom. The van der Waals surface area contributed by atoms with Gasteiger partial charge in [-0.15, -0.1) is 0 Å². The van der Waals surface area contributed by atoms with Gasteiger partial charge in [-0.2, -0.15) is 17.4 Å². The van der Waals surface area contributed by atoms with Gasteiger partial charge in [-0.3, -0.25) is 4.79 Å². The monoisotopic (exact) mass is 294 g/mol. The quantitative estimate of drug-likeness (QED) is 0.624. The molecule has 0 spiro atoms. The smallest absolute Gasteiger partial charge is 0.324 e. The molecule has 2 unspecified atom stereocenters. The van der Waals surface area contributed by atoms with Crippen molar-refractivity contribution in [1.29, 1.82) is 0 Å². The van der Waals surface area contributed by atoms with Gasteiger partial charge in [0.1, 0.15) is 6.04 Å². The minimum absolute atomic E-state index is 0.227. The Balaban J connectivity index is 2.78. The molecule has 1 rings (SSSR count). The molecule has 0 radical (unpaired) electrons. The van der Waals surface area contributed by atoms with Gasteiger partial charge in [0, 0.05) is 12.6 Å². The normalized spacial score (nSPS) is 22.4. The Labute approximate surface area is 114 Å². The maximum Gasteiger partial charge on any atom is 0.324 e. The summed E-state index contributed by atoms with van der Waals surface area (Å²) in [6.45, 7) is 3.71. The summed E-state index contributed by atoms with van der Waals surface area (Å²) in [7, 11) is -3.77. The fourth-order valence-corrected chi connectivity index (χ4v) is 3.72. The number of aliphatic hydroxyl groups is 1. The molecule has 0 bridgehead atoms. The van der Waals surface area contributed by atoms with Crippen molar-refractivity contribution in [3.05, 3.63) is 0 Å². The zero-order valence-corrected chi connectivity index (χ0v) is 12.1. The second-order valence-electron chi connectivity index (χ2n) is 4.43. The minimum Gasteiger partial charge on any atom is -0.465 e. The highest BCUT2D eigenvalue weighted by Gasteiger charge is 2.40. The van der Waals surface area contributed by atoms with Gasteiger partial charge in [-0.25, -0.2) is 0 Å². The third-order valence-electron chi connectivity index (χ3n) is 3.10. The first-order chi connectivity index (χ1) is 8.96. The molecule has 0 amide bonds. The van der Waals surface area contributed by atoms with E-state index in [0.717, 1.165) is 4.31 Å². The fourth-order valence-electron chi connectivity index (χ4n) is 2.03. The van der Waals surface area contributed by atoms with Crippen LogP contribution in [0.3, 0.4) is 0 Å². The predicted molar refractivity (Wildman–Crippen MR) is 69.6 cm³/mol. The molecule has 19 heavy (non-hydrogen) atoms. The van der Waals surface area contributed by atoms with Crippen LogP contribution >= 0.6 is 0 Å². The number of carbonyl (C=O) groups is 1. The maximum absolute atomic E-state index is 12.2. The average molecular weight is 294 g/mol. The predicted octanol–water partition coefficient (Wildman–Crippen LogP) is -0.381. The van der Waals surface area contributed by atoms with Crippen LogP contribution in [0.1, 0.15) is 33.1 Å². The molecule has 2 atom stereocenters. The van der Waals surface area contributed by atoms with Crippen LogP contribution in [-0.2, 0) is 19.7 Å². The lowest BCUT2D eigenvalue weighted by molar-refractivity contribution is -0.146. The zero-order chi connectivity index (χ0) is 14.5. The van der Waals surface area contributed by atoms with Crippen molar-refractivity contribution in [2.45, 2.75) is 45.2 Å². The van der Waals surface area contributed by atoms with Gasteiger partial charge >= 0.3 is 5.97 Å². The molecule has 0 saturated carbocycles. The minimum atomic E-state index is -3.77. The van der Waals surface area contributed by atoms with E-state index >= 15 is 0 Å². The summed E-state index contributed by atoms with van der Waals surface area (Å²) in [4.78, 5) is 11.7. The number of ether oxygens (including phenoxy) is 1. The number of aliphatic hydroxyl groups excluding tert-OH is 1. The SMILES string of the molecule is CCOC(=O)C1CCCN1S(=O)(=O)NC(CC)CO. The number of nitrogens with one attached hydrogen (secondary N) is 1. The summed E-state index contributed by atoms with van der Waals surface area (Å²) in [5.74, 6) is -0.512. The number of nitrogens with zero attached hydrogens (tertiary/aromatic N) is 1. The first-order valence-corrected chi connectivity index (χ1v) is 7.96. The van der Waals surface area contributed by atoms with Crippen molar-refractivity contribution in [3.8, 4) is 0 Å². The molecule has 1 aliphatic rings. The van der Waals surface area contributed by atoms with Crippen molar-refractivity contribution in [1.82, 2.24) is 9.03 Å². The van der Waals surface area contributed by atoms with Crippen molar-refractivity contribution >= 4 is 16.2 Å². The van der Waals surface area contributed by atoms with Gasteiger partial charge in [0.25, 0.3) is 10.2 Å². The number of carbonyl (C=O) groups excluding carboxylic acids is 1. The summed E-state index contributed by atoms with van der Waals surface area (Å²) < 4.78 is 32.8. The summed E-state index contributed by atoms with van der Waals surface area (Å²) in [6, 6.07) is -1.29. The first-order valence-electron chi connectivity index (χ1n) is 6.52. The Morgan fingerprint density at radius 2 is 2.21 bits per heavy atom. The topological polar surface area (TPSA) is 95.9 Å². The third kappa shape index (κ3) is 4.13. The molecule has 0 aromatic carbocycles. The van der Waals surface area contributed by atoms with Crippen LogP contribution in [0.25, 0.3) is 0 Å². The van der Waals surface area contributed by atoms with E-state index < -0.39 is 28.3 Å². The molecule has 8 heteroatoms. The Morgan fingerprint density at radius 3 is 2.74 bits per heavy atom. The standard InChI is InChI=1S/C11H22N2O5S/c1-3-9(8-14)12-19(16,17)13-7-5-6-10(13)11(15)18-4-2/h9-10,12,14H,3-8H2,1-2H3. The lowest BCUT2D eigenvalue weighted by Gasteiger charge is -2.25. The largest absolute Gasteiger partial charge is 0.465 e. The molecular weight excluding hydrogens is 272 g/mol. The lowest BCUT2D eigenvalue weighted by atomic mass is 10.2. The van der Waals surface area contributed by atoms with Crippen LogP contribution in [-0.4, -0.2) is 55.6 Å². The summed E-state index contributed by atoms with van der Waals surface area (Å²) >= 11 is 0. The highest BCUT2D eigenvalue weighted by Crippen LogP contribution is 2.21. The molecule has 1 aliphatic heterocycles. The Hall–Kier alpha value is -0.700. The fraction of sp³-hybridized carbons (Fsp3) is 0.909. The first kappa shape index (κ1) is 16.4. The van der Waals surface area contributed by atoms with E-state index in [0.29, 0.717) is 25.8 Å². The molecule has 1 fully saturated rings. The summed E-state index contributed by atoms with van der Waals surface area (Å²) in [5, 5.41) is 9.05. The molecule has 0 aromatic rings. The van der Waals surface area contributed by atoms with E-state index in [1.807, 2.05) is 0 Å². The molecule has 0 aliphatic carbocycles. The Kier molecular flexibility index (Phi) is 6.18. The van der Waals surface area contributed by atoms with E-state index in [1.54, 1.807) is 13.8 Å². The summed E-state index contributed by atoms with van der Waals surface area (Å²) in [6.07, 6.45) is 1.57. The number of hydrogen-bond acceptors (Lipinski definition) is 5. The van der Waals surface area contributed by atoms with Crippen molar-refractivity contribution in [2.24, 2.45) is 0 Å². The third-order valence-corrected chi connectivity index (χ3v) is 4.79. The van der Waals surface area contributed by atoms with Gasteiger partial charge in [0.05, 0.1) is 13.2 Å². The number of hydrogen-bond donors (Lipinski definition) is 2. The average Bonchev–Trinajstić information content (AvgIpc) is 2.86. The van der Waals surface area contributed by atoms with Crippen LogP contribution in [0.2, 0.25) is 0 Å². The van der Waals surface area contributed by atoms with E-state index in [-0.39, 0.29) is 13.2 Å². The van der Waals surface area contributed by atoms with Gasteiger partial charge < -0.3 is 9.84 Å². The second kappa shape index (κ2) is 7.18. The zero-order valence-electron chi connectivity index (χ0n) is 11.3. The lowest BCUT2D eigenvalue weighted by Crippen LogP contribution is -2.50. The van der Waals surface area contributed by atoms with Crippen molar-refractivity contribution in [3.63, 3.8) is 0 Å². The van der Waals surface area contributed by atoms with Crippen LogP contribution in [0.15, 0.2) is 0 Å². The van der Waals surface area contributed by atoms with Crippen LogP contribution < -0.4 is 4.72 Å². The molecule has 1 heterocycles. The molecule has 1 saturated heterocycles. The van der Waals surface area contributed by atoms with Gasteiger partial charge in [0.15, 0.2) is 0 Å². The molecule has 7 nitrogen and oxygen atoms in total. The second-order valence-corrected chi connectivity index (χ2v) is 6.09. The van der Waals surface area contributed by atoms with Crippen LogP contribution in [0, 0.1) is 0 Å². The van der Waals surface area contributed by atoms with Gasteiger partial charge in [-0.1, -0.05) is 6.92 Å².